The van der Waals surface area contributed by atoms with Crippen molar-refractivity contribution in [3.8, 4) is 0 Å². The van der Waals surface area contributed by atoms with E-state index in [0.717, 1.165) is 12.1 Å². The number of carbonyl (C=O) groups excluding carboxylic acids is 1. The molecule has 5 heteroatoms. The lowest BCUT2D eigenvalue weighted by Gasteiger charge is -2.45. The van der Waals surface area contributed by atoms with E-state index in [4.69, 9.17) is 5.73 Å². The molecule has 3 nitrogen and oxygen atoms in total. The maximum atomic E-state index is 12.9. The van der Waals surface area contributed by atoms with Gasteiger partial charge < -0.3 is 10.6 Å². The smallest absolute Gasteiger partial charge is 0.227 e. The van der Waals surface area contributed by atoms with Crippen LogP contribution in [0.5, 0.6) is 0 Å². The van der Waals surface area contributed by atoms with E-state index in [0.29, 0.717) is 18.7 Å². The summed E-state index contributed by atoms with van der Waals surface area (Å²) in [6, 6.07) is 3.49. The molecule has 2 rings (SSSR count). The van der Waals surface area contributed by atoms with E-state index in [-0.39, 0.29) is 17.9 Å². The van der Waals surface area contributed by atoms with Crippen molar-refractivity contribution >= 4 is 5.91 Å². The van der Waals surface area contributed by atoms with Crippen LogP contribution in [0.3, 0.4) is 0 Å². The van der Waals surface area contributed by atoms with Gasteiger partial charge >= 0.3 is 0 Å². The lowest BCUT2D eigenvalue weighted by molar-refractivity contribution is -0.137. The average molecular weight is 240 g/mol. The zero-order valence-electron chi connectivity index (χ0n) is 9.54. The number of carbonyl (C=O) groups is 1. The second kappa shape index (κ2) is 4.07. The minimum absolute atomic E-state index is 0.0767. The Morgan fingerprint density at radius 3 is 2.59 bits per heavy atom. The van der Waals surface area contributed by atoms with Gasteiger partial charge in [-0.3, -0.25) is 4.79 Å². The van der Waals surface area contributed by atoms with Crippen molar-refractivity contribution in [2.24, 2.45) is 5.73 Å². The van der Waals surface area contributed by atoms with Crippen LogP contribution in [-0.2, 0) is 11.2 Å². The van der Waals surface area contributed by atoms with Crippen molar-refractivity contribution in [1.82, 2.24) is 4.90 Å². The molecule has 1 aromatic rings. The maximum absolute atomic E-state index is 12.9. The Morgan fingerprint density at radius 1 is 1.41 bits per heavy atom. The second-order valence-electron chi connectivity index (χ2n) is 4.83. The molecule has 92 valence electrons. The Balaban J connectivity index is 1.97. The summed E-state index contributed by atoms with van der Waals surface area (Å²) in [5.41, 5.74) is 5.94. The Morgan fingerprint density at radius 2 is 2.06 bits per heavy atom. The van der Waals surface area contributed by atoms with Gasteiger partial charge in [-0.05, 0) is 24.6 Å². The van der Waals surface area contributed by atoms with Gasteiger partial charge in [-0.2, -0.15) is 0 Å². The third-order valence-electron chi connectivity index (χ3n) is 2.80. The second-order valence-corrected chi connectivity index (χ2v) is 4.83. The molecule has 0 aromatic heterocycles. The molecule has 0 bridgehead atoms. The van der Waals surface area contributed by atoms with Gasteiger partial charge in [-0.15, -0.1) is 0 Å². The van der Waals surface area contributed by atoms with Crippen molar-refractivity contribution in [3.05, 3.63) is 35.4 Å². The Kier molecular flexibility index (Phi) is 2.87. The number of likely N-dealkylation sites (tertiary alicyclic amines) is 1. The Labute approximate surface area is 98.2 Å². The highest BCUT2D eigenvalue weighted by molar-refractivity contribution is 5.80. The van der Waals surface area contributed by atoms with Gasteiger partial charge in [0.1, 0.15) is 0 Å². The van der Waals surface area contributed by atoms with Crippen LogP contribution in [0.4, 0.5) is 8.78 Å². The molecule has 2 N–H and O–H groups in total. The van der Waals surface area contributed by atoms with Crippen molar-refractivity contribution in [2.75, 3.05) is 13.1 Å². The van der Waals surface area contributed by atoms with Gasteiger partial charge in [0, 0.05) is 18.6 Å². The highest BCUT2D eigenvalue weighted by atomic mass is 19.2. The third kappa shape index (κ3) is 2.61. The molecule has 0 aliphatic carbocycles. The van der Waals surface area contributed by atoms with Crippen LogP contribution >= 0.6 is 0 Å². The van der Waals surface area contributed by atoms with E-state index in [9.17, 15) is 13.6 Å². The molecule has 1 amide bonds. The molecule has 0 spiro atoms. The van der Waals surface area contributed by atoms with E-state index in [1.807, 2.05) is 6.92 Å². The first-order valence-electron chi connectivity index (χ1n) is 5.38. The number of amides is 1. The van der Waals surface area contributed by atoms with Crippen LogP contribution in [-0.4, -0.2) is 29.4 Å². The molecular weight excluding hydrogens is 226 g/mol. The summed E-state index contributed by atoms with van der Waals surface area (Å²) in [4.78, 5) is 13.3. The summed E-state index contributed by atoms with van der Waals surface area (Å²) >= 11 is 0. The molecule has 1 saturated heterocycles. The van der Waals surface area contributed by atoms with Gasteiger partial charge in [0.15, 0.2) is 11.6 Å². The largest absolute Gasteiger partial charge is 0.339 e. The topological polar surface area (TPSA) is 46.3 Å². The van der Waals surface area contributed by atoms with E-state index < -0.39 is 11.6 Å². The Hall–Kier alpha value is -1.49. The van der Waals surface area contributed by atoms with Crippen LogP contribution < -0.4 is 5.73 Å². The predicted octanol–water partition coefficient (Wildman–Crippen LogP) is 1.07. The van der Waals surface area contributed by atoms with Gasteiger partial charge in [0.05, 0.1) is 6.42 Å². The van der Waals surface area contributed by atoms with Gasteiger partial charge in [0.25, 0.3) is 0 Å². The standard InChI is InChI=1S/C12H14F2N2O/c1-12(15)6-16(7-12)11(17)5-8-2-3-9(13)10(14)4-8/h2-4H,5-7,15H2,1H3. The quantitative estimate of drug-likeness (QED) is 0.840. The molecule has 17 heavy (non-hydrogen) atoms. The molecule has 0 saturated carbocycles. The minimum atomic E-state index is -0.928. The first-order valence-corrected chi connectivity index (χ1v) is 5.38. The molecular formula is C12H14F2N2O. The fourth-order valence-corrected chi connectivity index (χ4v) is 1.94. The number of rotatable bonds is 2. The molecule has 0 atom stereocenters. The van der Waals surface area contributed by atoms with E-state index >= 15 is 0 Å². The number of benzene rings is 1. The van der Waals surface area contributed by atoms with Crippen molar-refractivity contribution < 1.29 is 13.6 Å². The SMILES string of the molecule is CC1(N)CN(C(=O)Cc2ccc(F)c(F)c2)C1. The van der Waals surface area contributed by atoms with Gasteiger partial charge in [-0.25, -0.2) is 8.78 Å². The summed E-state index contributed by atoms with van der Waals surface area (Å²) in [5.74, 6) is -1.94. The minimum Gasteiger partial charge on any atom is -0.339 e. The number of halogens is 2. The fourth-order valence-electron chi connectivity index (χ4n) is 1.94. The number of hydrogen-bond acceptors (Lipinski definition) is 2. The first kappa shape index (κ1) is 12.0. The van der Waals surface area contributed by atoms with Crippen molar-refractivity contribution in [1.29, 1.82) is 0 Å². The van der Waals surface area contributed by atoms with Gasteiger partial charge in [-0.1, -0.05) is 6.07 Å². The molecule has 0 unspecified atom stereocenters. The summed E-state index contributed by atoms with van der Waals surface area (Å²) in [6.07, 6.45) is 0.0767. The highest BCUT2D eigenvalue weighted by Crippen LogP contribution is 2.19. The third-order valence-corrected chi connectivity index (χ3v) is 2.80. The zero-order valence-corrected chi connectivity index (χ0v) is 9.54. The number of hydrogen-bond donors (Lipinski definition) is 1. The van der Waals surface area contributed by atoms with Gasteiger partial charge in [0.2, 0.25) is 5.91 Å². The molecule has 1 heterocycles. The van der Waals surface area contributed by atoms with Crippen LogP contribution in [0.15, 0.2) is 18.2 Å². The summed E-state index contributed by atoms with van der Waals surface area (Å²) < 4.78 is 25.6. The summed E-state index contributed by atoms with van der Waals surface area (Å²) in [5, 5.41) is 0. The monoisotopic (exact) mass is 240 g/mol. The average Bonchev–Trinajstić information content (AvgIpc) is 2.20. The Bertz CT molecular complexity index is 452. The predicted molar refractivity (Wildman–Crippen MR) is 59.2 cm³/mol. The molecule has 1 aliphatic rings. The van der Waals surface area contributed by atoms with Crippen LogP contribution in [0.25, 0.3) is 0 Å². The van der Waals surface area contributed by atoms with Crippen LogP contribution in [0.1, 0.15) is 12.5 Å². The fraction of sp³-hybridized carbons (Fsp3) is 0.417. The van der Waals surface area contributed by atoms with Crippen LogP contribution in [0.2, 0.25) is 0 Å². The molecule has 1 aliphatic heterocycles. The molecule has 1 aromatic carbocycles. The zero-order chi connectivity index (χ0) is 12.6. The lowest BCUT2D eigenvalue weighted by Crippen LogP contribution is -2.67. The summed E-state index contributed by atoms with van der Waals surface area (Å²) in [6.45, 7) is 2.89. The number of nitrogens with zero attached hydrogens (tertiary/aromatic N) is 1. The van der Waals surface area contributed by atoms with E-state index in [2.05, 4.69) is 0 Å². The molecule has 0 radical (unpaired) electrons. The summed E-state index contributed by atoms with van der Waals surface area (Å²) in [7, 11) is 0. The number of nitrogens with two attached hydrogens (primary N) is 1. The van der Waals surface area contributed by atoms with Crippen molar-refractivity contribution in [2.45, 2.75) is 18.9 Å². The normalized spacial score (nSPS) is 17.8. The van der Waals surface area contributed by atoms with E-state index in [1.54, 1.807) is 4.90 Å². The maximum Gasteiger partial charge on any atom is 0.227 e. The first-order chi connectivity index (χ1) is 7.87. The van der Waals surface area contributed by atoms with Crippen molar-refractivity contribution in [3.63, 3.8) is 0 Å². The highest BCUT2D eigenvalue weighted by Gasteiger charge is 2.37. The molecule has 1 fully saturated rings. The lowest BCUT2D eigenvalue weighted by atomic mass is 9.93. The van der Waals surface area contributed by atoms with E-state index in [1.165, 1.54) is 6.07 Å². The van der Waals surface area contributed by atoms with Crippen LogP contribution in [0, 0.1) is 11.6 Å².